The van der Waals surface area contributed by atoms with Gasteiger partial charge in [-0.1, -0.05) is 0 Å². The topological polar surface area (TPSA) is 48.1 Å². The van der Waals surface area contributed by atoms with Crippen LogP contribution in [0.25, 0.3) is 0 Å². The molecule has 0 aliphatic heterocycles. The first-order valence-electron chi connectivity index (χ1n) is 4.80. The van der Waals surface area contributed by atoms with Crippen molar-refractivity contribution in [1.82, 2.24) is 4.98 Å². The van der Waals surface area contributed by atoms with Crippen LogP contribution in [0.2, 0.25) is 0 Å². The lowest BCUT2D eigenvalue weighted by Gasteiger charge is -2.06. The Balaban J connectivity index is 2.24. The molecule has 4 heteroatoms. The van der Waals surface area contributed by atoms with E-state index in [1.54, 1.807) is 31.3 Å². The summed E-state index contributed by atoms with van der Waals surface area (Å²) >= 11 is 0. The van der Waals surface area contributed by atoms with Crippen LogP contribution in [-0.2, 0) is 0 Å². The highest BCUT2D eigenvalue weighted by molar-refractivity contribution is 5.42. The van der Waals surface area contributed by atoms with E-state index in [-0.39, 0.29) is 5.82 Å². The number of anilines is 1. The molecule has 0 aliphatic rings. The summed E-state index contributed by atoms with van der Waals surface area (Å²) in [6.45, 7) is 1.68. The molecule has 0 saturated heterocycles. The molecule has 82 valence electrons. The quantitative estimate of drug-likeness (QED) is 0.843. The fraction of sp³-hybridized carbons (Fsp3) is 0.0833. The first-order valence-corrected chi connectivity index (χ1v) is 4.80. The van der Waals surface area contributed by atoms with Crippen molar-refractivity contribution < 1.29 is 9.13 Å². The van der Waals surface area contributed by atoms with Gasteiger partial charge < -0.3 is 10.5 Å². The molecule has 0 fully saturated rings. The second kappa shape index (κ2) is 4.18. The molecule has 0 aliphatic carbocycles. The van der Waals surface area contributed by atoms with E-state index in [1.165, 1.54) is 12.3 Å². The van der Waals surface area contributed by atoms with E-state index in [4.69, 9.17) is 10.5 Å². The Hall–Kier alpha value is -2.10. The zero-order chi connectivity index (χ0) is 11.5. The largest absolute Gasteiger partial charge is 0.456 e. The number of nitrogens with two attached hydrogens (primary N) is 1. The zero-order valence-corrected chi connectivity index (χ0v) is 8.77. The average molecular weight is 218 g/mol. The normalized spacial score (nSPS) is 10.1. The van der Waals surface area contributed by atoms with Gasteiger partial charge in [0.15, 0.2) is 0 Å². The summed E-state index contributed by atoms with van der Waals surface area (Å²) in [6, 6.07) is 6.21. The Morgan fingerprint density at radius 3 is 2.69 bits per heavy atom. The van der Waals surface area contributed by atoms with Gasteiger partial charge in [0.25, 0.3) is 0 Å². The van der Waals surface area contributed by atoms with Crippen molar-refractivity contribution in [2.24, 2.45) is 0 Å². The van der Waals surface area contributed by atoms with Gasteiger partial charge in [-0.25, -0.2) is 4.39 Å². The number of nitrogens with zero attached hydrogens (tertiary/aromatic N) is 1. The monoisotopic (exact) mass is 218 g/mol. The van der Waals surface area contributed by atoms with Gasteiger partial charge in [-0.15, -0.1) is 0 Å². The summed E-state index contributed by atoms with van der Waals surface area (Å²) < 4.78 is 18.5. The number of hydrogen-bond donors (Lipinski definition) is 1. The maximum absolute atomic E-state index is 13.0. The molecule has 0 spiro atoms. The lowest BCUT2D eigenvalue weighted by atomic mass is 10.2. The van der Waals surface area contributed by atoms with Crippen LogP contribution in [-0.4, -0.2) is 4.98 Å². The van der Waals surface area contributed by atoms with Crippen LogP contribution in [0.5, 0.6) is 11.5 Å². The number of aromatic nitrogens is 1. The van der Waals surface area contributed by atoms with Gasteiger partial charge in [0, 0.05) is 6.07 Å². The lowest BCUT2D eigenvalue weighted by molar-refractivity contribution is 0.477. The number of aryl methyl sites for hydroxylation is 1. The Morgan fingerprint density at radius 1 is 1.19 bits per heavy atom. The summed E-state index contributed by atoms with van der Waals surface area (Å²) in [6.07, 6.45) is 3.08. The Bertz CT molecular complexity index is 514. The molecule has 2 N–H and O–H groups in total. The molecule has 2 rings (SSSR count). The minimum Gasteiger partial charge on any atom is -0.456 e. The minimum absolute atomic E-state index is 0.252. The first kappa shape index (κ1) is 10.4. The Kier molecular flexibility index (Phi) is 2.72. The molecule has 0 bridgehead atoms. The second-order valence-corrected chi connectivity index (χ2v) is 3.47. The van der Waals surface area contributed by atoms with Crippen molar-refractivity contribution in [3.05, 3.63) is 48.0 Å². The number of benzene rings is 1. The number of nitrogen functional groups attached to an aromatic ring is 1. The fourth-order valence-electron chi connectivity index (χ4n) is 1.31. The Morgan fingerprint density at radius 2 is 2.00 bits per heavy atom. The van der Waals surface area contributed by atoms with Gasteiger partial charge >= 0.3 is 0 Å². The van der Waals surface area contributed by atoms with Crippen LogP contribution in [0, 0.1) is 12.7 Å². The molecule has 16 heavy (non-hydrogen) atoms. The molecule has 0 atom stereocenters. The van der Waals surface area contributed by atoms with E-state index in [0.29, 0.717) is 22.7 Å². The van der Waals surface area contributed by atoms with Crippen LogP contribution in [0.15, 0.2) is 36.7 Å². The maximum atomic E-state index is 13.0. The second-order valence-electron chi connectivity index (χ2n) is 3.47. The van der Waals surface area contributed by atoms with Crippen LogP contribution in [0.3, 0.4) is 0 Å². The van der Waals surface area contributed by atoms with Crippen LogP contribution in [0.4, 0.5) is 10.1 Å². The molecule has 1 heterocycles. The van der Waals surface area contributed by atoms with Gasteiger partial charge in [-0.2, -0.15) is 0 Å². The molecule has 0 radical (unpaired) electrons. The highest BCUT2D eigenvalue weighted by atomic mass is 19.1. The summed E-state index contributed by atoms with van der Waals surface area (Å²) in [5.41, 5.74) is 6.62. The van der Waals surface area contributed by atoms with E-state index in [2.05, 4.69) is 4.98 Å². The van der Waals surface area contributed by atoms with Crippen LogP contribution >= 0.6 is 0 Å². The van der Waals surface area contributed by atoms with Gasteiger partial charge in [0.2, 0.25) is 0 Å². The predicted octanol–water partition coefficient (Wildman–Crippen LogP) is 2.90. The van der Waals surface area contributed by atoms with Gasteiger partial charge in [-0.05, 0) is 30.7 Å². The summed E-state index contributed by atoms with van der Waals surface area (Å²) in [5, 5.41) is 0. The lowest BCUT2D eigenvalue weighted by Crippen LogP contribution is -1.90. The van der Waals surface area contributed by atoms with Crippen molar-refractivity contribution in [2.45, 2.75) is 6.92 Å². The van der Waals surface area contributed by atoms with Crippen molar-refractivity contribution in [3.63, 3.8) is 0 Å². The molecule has 0 amide bonds. The van der Waals surface area contributed by atoms with Crippen LogP contribution < -0.4 is 10.5 Å². The molecule has 0 unspecified atom stereocenters. The fourth-order valence-corrected chi connectivity index (χ4v) is 1.31. The predicted molar refractivity (Wildman–Crippen MR) is 59.9 cm³/mol. The number of rotatable bonds is 2. The number of ether oxygens (including phenoxy) is 1. The summed E-state index contributed by atoms with van der Waals surface area (Å²) in [7, 11) is 0. The SMILES string of the molecule is Cc1cc(Oc2cncc(N)c2)ccc1F. The minimum atomic E-state index is -0.252. The van der Waals surface area contributed by atoms with E-state index < -0.39 is 0 Å². The molecule has 3 nitrogen and oxygen atoms in total. The summed E-state index contributed by atoms with van der Waals surface area (Å²) in [4.78, 5) is 3.90. The van der Waals surface area contributed by atoms with E-state index in [0.717, 1.165) is 0 Å². The third kappa shape index (κ3) is 2.28. The van der Waals surface area contributed by atoms with E-state index >= 15 is 0 Å². The summed E-state index contributed by atoms with van der Waals surface area (Å²) in [5.74, 6) is 0.843. The molecular formula is C12H11FN2O. The number of halogens is 1. The van der Waals surface area contributed by atoms with Crippen molar-refractivity contribution in [2.75, 3.05) is 5.73 Å². The molecule has 1 aromatic heterocycles. The average Bonchev–Trinajstić information content (AvgIpc) is 2.24. The van der Waals surface area contributed by atoms with Crippen molar-refractivity contribution in [3.8, 4) is 11.5 Å². The molecule has 0 saturated carbocycles. The highest BCUT2D eigenvalue weighted by Gasteiger charge is 2.01. The van der Waals surface area contributed by atoms with Crippen LogP contribution in [0.1, 0.15) is 5.56 Å². The first-order chi connectivity index (χ1) is 7.65. The van der Waals surface area contributed by atoms with Crippen molar-refractivity contribution >= 4 is 5.69 Å². The smallest absolute Gasteiger partial charge is 0.147 e. The van der Waals surface area contributed by atoms with E-state index in [9.17, 15) is 4.39 Å². The third-order valence-corrected chi connectivity index (χ3v) is 2.10. The standard InChI is InChI=1S/C12H11FN2O/c1-8-4-10(2-3-12(8)13)16-11-5-9(14)6-15-7-11/h2-7H,14H2,1H3. The third-order valence-electron chi connectivity index (χ3n) is 2.10. The molecule has 2 aromatic rings. The highest BCUT2D eigenvalue weighted by Crippen LogP contribution is 2.23. The zero-order valence-electron chi connectivity index (χ0n) is 8.77. The Labute approximate surface area is 92.7 Å². The van der Waals surface area contributed by atoms with E-state index in [1.807, 2.05) is 0 Å². The van der Waals surface area contributed by atoms with Crippen molar-refractivity contribution in [1.29, 1.82) is 0 Å². The molecule has 1 aromatic carbocycles. The van der Waals surface area contributed by atoms with Gasteiger partial charge in [-0.3, -0.25) is 4.98 Å². The number of hydrogen-bond acceptors (Lipinski definition) is 3. The van der Waals surface area contributed by atoms with Gasteiger partial charge in [0.05, 0.1) is 18.1 Å². The maximum Gasteiger partial charge on any atom is 0.147 e. The van der Waals surface area contributed by atoms with Gasteiger partial charge in [0.1, 0.15) is 17.3 Å². The number of pyridine rings is 1. The molecular weight excluding hydrogens is 207 g/mol.